The summed E-state index contributed by atoms with van der Waals surface area (Å²) in [6.07, 6.45) is 4.02. The highest BCUT2D eigenvalue weighted by molar-refractivity contribution is 5.80. The van der Waals surface area contributed by atoms with Crippen molar-refractivity contribution in [1.29, 1.82) is 0 Å². The lowest BCUT2D eigenvalue weighted by Crippen LogP contribution is -2.48. The van der Waals surface area contributed by atoms with Gasteiger partial charge in [0.1, 0.15) is 0 Å². The Morgan fingerprint density at radius 1 is 1.31 bits per heavy atom. The van der Waals surface area contributed by atoms with E-state index in [1.165, 1.54) is 12.8 Å². The molecule has 1 aromatic heterocycles. The van der Waals surface area contributed by atoms with Crippen molar-refractivity contribution in [1.82, 2.24) is 20.0 Å². The zero-order valence-corrected chi connectivity index (χ0v) is 16.5. The Balaban J connectivity index is 1.64. The van der Waals surface area contributed by atoms with Crippen LogP contribution in [0.3, 0.4) is 0 Å². The number of nitrogens with zero attached hydrogens (tertiary/aromatic N) is 3. The number of aromatic nitrogens is 2. The normalized spacial score (nSPS) is 21.4. The Hall–Kier alpha value is -1.85. The zero-order chi connectivity index (χ0) is 18.8. The molecule has 144 valence electrons. The summed E-state index contributed by atoms with van der Waals surface area (Å²) >= 11 is 0. The first-order valence-electron chi connectivity index (χ1n) is 9.94. The quantitative estimate of drug-likeness (QED) is 0.847. The topological polar surface area (TPSA) is 69.3 Å². The van der Waals surface area contributed by atoms with E-state index in [2.05, 4.69) is 28.9 Å². The first-order chi connectivity index (χ1) is 12.4. The molecule has 0 bridgehead atoms. The lowest BCUT2D eigenvalue weighted by molar-refractivity contribution is -0.134. The molecule has 2 fully saturated rings. The number of rotatable bonds is 6. The second kappa shape index (κ2) is 7.80. The van der Waals surface area contributed by atoms with Crippen LogP contribution < -0.4 is 0 Å². The number of nitrogens with one attached hydrogen (secondary N) is 1. The summed E-state index contributed by atoms with van der Waals surface area (Å²) in [6.45, 7) is 10.4. The highest BCUT2D eigenvalue weighted by Gasteiger charge is 2.36. The number of aromatic amines is 1. The molecule has 0 aromatic carbocycles. The molecule has 3 rings (SSSR count). The molecule has 0 spiro atoms. The molecule has 2 amide bonds. The lowest BCUT2D eigenvalue weighted by atomic mass is 10.0. The third-order valence-electron chi connectivity index (χ3n) is 5.93. The molecular formula is C20H32N4O2. The van der Waals surface area contributed by atoms with Crippen LogP contribution in [-0.4, -0.2) is 57.5 Å². The maximum absolute atomic E-state index is 12.8. The minimum Gasteiger partial charge on any atom is -0.340 e. The van der Waals surface area contributed by atoms with E-state index in [4.69, 9.17) is 0 Å². The van der Waals surface area contributed by atoms with Crippen molar-refractivity contribution in [2.45, 2.75) is 65.8 Å². The Kier molecular flexibility index (Phi) is 5.68. The van der Waals surface area contributed by atoms with Crippen LogP contribution in [0.5, 0.6) is 0 Å². The molecule has 1 saturated carbocycles. The average Bonchev–Trinajstić information content (AvgIpc) is 3.38. The summed E-state index contributed by atoms with van der Waals surface area (Å²) in [5, 5.41) is 7.28. The standard InChI is InChI=1S/C20H32N4O2/c1-13(2)18-12-23(10-9-20(26)24(18)11-16-5-6-16)19(25)8-7-17-14(3)15(4)21-22-17/h13,16,18H,5-12H2,1-4H3,(H,21,22)/t18-/m0/s1. The Morgan fingerprint density at radius 2 is 2.04 bits per heavy atom. The number of amides is 2. The maximum atomic E-state index is 12.8. The maximum Gasteiger partial charge on any atom is 0.224 e. The molecule has 6 nitrogen and oxygen atoms in total. The minimum atomic E-state index is 0.129. The van der Waals surface area contributed by atoms with E-state index in [1.54, 1.807) is 0 Å². The van der Waals surface area contributed by atoms with Crippen LogP contribution in [0.25, 0.3) is 0 Å². The molecule has 2 aliphatic rings. The molecule has 2 heterocycles. The number of carbonyl (C=O) groups is 2. The van der Waals surface area contributed by atoms with Gasteiger partial charge in [0.15, 0.2) is 0 Å². The fourth-order valence-electron chi connectivity index (χ4n) is 3.75. The van der Waals surface area contributed by atoms with Crippen molar-refractivity contribution in [3.8, 4) is 0 Å². The number of aryl methyl sites for hydroxylation is 2. The van der Waals surface area contributed by atoms with Crippen molar-refractivity contribution in [3.05, 3.63) is 17.0 Å². The van der Waals surface area contributed by atoms with Crippen LogP contribution >= 0.6 is 0 Å². The van der Waals surface area contributed by atoms with Crippen molar-refractivity contribution in [2.24, 2.45) is 11.8 Å². The number of hydrogen-bond donors (Lipinski definition) is 1. The van der Waals surface area contributed by atoms with Gasteiger partial charge in [-0.3, -0.25) is 14.7 Å². The van der Waals surface area contributed by atoms with Crippen LogP contribution in [0.1, 0.15) is 56.5 Å². The highest BCUT2D eigenvalue weighted by atomic mass is 16.2. The van der Waals surface area contributed by atoms with E-state index in [9.17, 15) is 9.59 Å². The van der Waals surface area contributed by atoms with Gasteiger partial charge in [0.05, 0.1) is 11.7 Å². The van der Waals surface area contributed by atoms with E-state index in [1.807, 2.05) is 18.7 Å². The first-order valence-corrected chi connectivity index (χ1v) is 9.94. The van der Waals surface area contributed by atoms with Crippen molar-refractivity contribution < 1.29 is 9.59 Å². The Bertz CT molecular complexity index is 663. The van der Waals surface area contributed by atoms with Gasteiger partial charge >= 0.3 is 0 Å². The van der Waals surface area contributed by atoms with Crippen LogP contribution in [0.4, 0.5) is 0 Å². The third-order valence-corrected chi connectivity index (χ3v) is 5.93. The van der Waals surface area contributed by atoms with Gasteiger partial charge in [0.25, 0.3) is 0 Å². The monoisotopic (exact) mass is 360 g/mol. The summed E-state index contributed by atoms with van der Waals surface area (Å²) in [6, 6.07) is 0.129. The molecule has 1 saturated heterocycles. The summed E-state index contributed by atoms with van der Waals surface area (Å²) in [4.78, 5) is 29.5. The Morgan fingerprint density at radius 3 is 2.62 bits per heavy atom. The number of H-pyrrole nitrogens is 1. The van der Waals surface area contributed by atoms with Gasteiger partial charge in [0.2, 0.25) is 11.8 Å². The van der Waals surface area contributed by atoms with Crippen molar-refractivity contribution in [3.63, 3.8) is 0 Å². The summed E-state index contributed by atoms with van der Waals surface area (Å²) in [7, 11) is 0. The summed E-state index contributed by atoms with van der Waals surface area (Å²) in [5.41, 5.74) is 3.17. The largest absolute Gasteiger partial charge is 0.340 e. The van der Waals surface area contributed by atoms with E-state index >= 15 is 0 Å². The van der Waals surface area contributed by atoms with Crippen molar-refractivity contribution in [2.75, 3.05) is 19.6 Å². The summed E-state index contributed by atoms with van der Waals surface area (Å²) in [5.74, 6) is 1.37. The van der Waals surface area contributed by atoms with Gasteiger partial charge in [-0.25, -0.2) is 0 Å². The molecule has 1 N–H and O–H groups in total. The van der Waals surface area contributed by atoms with Crippen molar-refractivity contribution >= 4 is 11.8 Å². The zero-order valence-electron chi connectivity index (χ0n) is 16.5. The minimum absolute atomic E-state index is 0.129. The molecule has 26 heavy (non-hydrogen) atoms. The summed E-state index contributed by atoms with van der Waals surface area (Å²) < 4.78 is 0. The second-order valence-electron chi connectivity index (χ2n) is 8.31. The molecular weight excluding hydrogens is 328 g/mol. The van der Waals surface area contributed by atoms with Gasteiger partial charge < -0.3 is 9.80 Å². The van der Waals surface area contributed by atoms with Crippen LogP contribution in [0, 0.1) is 25.7 Å². The van der Waals surface area contributed by atoms with E-state index in [0.717, 1.165) is 23.5 Å². The molecule has 0 unspecified atom stereocenters. The second-order valence-corrected chi connectivity index (χ2v) is 8.31. The predicted molar refractivity (Wildman–Crippen MR) is 101 cm³/mol. The lowest BCUT2D eigenvalue weighted by Gasteiger charge is -2.34. The van der Waals surface area contributed by atoms with E-state index in [0.29, 0.717) is 44.2 Å². The van der Waals surface area contributed by atoms with Crippen LogP contribution in [-0.2, 0) is 16.0 Å². The fraction of sp³-hybridized carbons (Fsp3) is 0.750. The van der Waals surface area contributed by atoms with Gasteiger partial charge in [-0.05, 0) is 44.1 Å². The first kappa shape index (κ1) is 18.9. The van der Waals surface area contributed by atoms with E-state index < -0.39 is 0 Å². The SMILES string of the molecule is Cc1[nH]nc(CCC(=O)N2CCC(=O)N(CC3CC3)[C@H](C(C)C)C2)c1C. The van der Waals surface area contributed by atoms with Gasteiger partial charge in [-0.2, -0.15) is 5.10 Å². The number of hydrogen-bond acceptors (Lipinski definition) is 3. The van der Waals surface area contributed by atoms with Gasteiger partial charge in [-0.15, -0.1) is 0 Å². The van der Waals surface area contributed by atoms with Gasteiger partial charge in [0, 0.05) is 44.6 Å². The average molecular weight is 361 g/mol. The molecule has 6 heteroatoms. The molecule has 0 radical (unpaired) electrons. The number of carbonyl (C=O) groups excluding carboxylic acids is 2. The molecule has 1 aliphatic heterocycles. The Labute approximate surface area is 156 Å². The van der Waals surface area contributed by atoms with Crippen LogP contribution in [0.2, 0.25) is 0 Å². The smallest absolute Gasteiger partial charge is 0.224 e. The third kappa shape index (κ3) is 4.27. The molecule has 1 aromatic rings. The van der Waals surface area contributed by atoms with Gasteiger partial charge in [-0.1, -0.05) is 13.8 Å². The van der Waals surface area contributed by atoms with E-state index in [-0.39, 0.29) is 17.9 Å². The fourth-order valence-corrected chi connectivity index (χ4v) is 3.75. The van der Waals surface area contributed by atoms with Crippen LogP contribution in [0.15, 0.2) is 0 Å². The predicted octanol–water partition coefficient (Wildman–Crippen LogP) is 2.45. The highest BCUT2D eigenvalue weighted by Crippen LogP contribution is 2.32. The molecule has 1 atom stereocenters. The molecule has 1 aliphatic carbocycles.